The van der Waals surface area contributed by atoms with E-state index in [1.165, 1.54) is 12.1 Å². The van der Waals surface area contributed by atoms with Crippen molar-refractivity contribution < 1.29 is 14.3 Å². The Balaban J connectivity index is 2.00. The first kappa shape index (κ1) is 20.9. The smallest absolute Gasteiger partial charge is 0.338 e. The van der Waals surface area contributed by atoms with Gasteiger partial charge in [-0.3, -0.25) is 4.90 Å². The molecule has 1 saturated heterocycles. The summed E-state index contributed by atoms with van der Waals surface area (Å²) in [5, 5.41) is 10.6. The van der Waals surface area contributed by atoms with Gasteiger partial charge in [0.25, 0.3) is 0 Å². The Morgan fingerprint density at radius 2 is 2.04 bits per heavy atom. The van der Waals surface area contributed by atoms with Gasteiger partial charge >= 0.3 is 5.97 Å². The SMILES string of the molecule is CCSC1=C(C(=O)O)C(C)=CC(N2CCC(C)CC2)N1Cc1cccc(F)c1. The predicted molar refractivity (Wildman–Crippen MR) is 112 cm³/mol. The molecule has 0 radical (unpaired) electrons. The quantitative estimate of drug-likeness (QED) is 0.745. The molecule has 0 saturated carbocycles. The zero-order valence-electron chi connectivity index (χ0n) is 16.8. The standard InChI is InChI=1S/C22H29FN2O2S/c1-4-28-21-20(22(26)27)16(3)12-19(24-10-8-15(2)9-11-24)25(21)14-17-6-5-7-18(23)13-17/h5-7,12-13,15,19H,4,8-11,14H2,1-3H3,(H,26,27). The monoisotopic (exact) mass is 404 g/mol. The molecule has 2 aliphatic heterocycles. The van der Waals surface area contributed by atoms with Gasteiger partial charge in [0.2, 0.25) is 0 Å². The van der Waals surface area contributed by atoms with Gasteiger partial charge in [-0.2, -0.15) is 0 Å². The molecule has 0 aromatic heterocycles. The van der Waals surface area contributed by atoms with E-state index in [1.807, 2.05) is 19.9 Å². The van der Waals surface area contributed by atoms with E-state index in [1.54, 1.807) is 17.8 Å². The molecule has 0 amide bonds. The number of rotatable bonds is 6. The molecule has 1 aromatic rings. The molecule has 1 atom stereocenters. The second-order valence-electron chi connectivity index (χ2n) is 7.66. The number of benzene rings is 1. The minimum Gasteiger partial charge on any atom is -0.478 e. The van der Waals surface area contributed by atoms with Crippen molar-refractivity contribution in [1.82, 2.24) is 9.80 Å². The van der Waals surface area contributed by atoms with Gasteiger partial charge in [-0.25, -0.2) is 9.18 Å². The number of carbonyl (C=O) groups is 1. The Morgan fingerprint density at radius 3 is 2.64 bits per heavy atom. The van der Waals surface area contributed by atoms with Crippen LogP contribution in [-0.4, -0.2) is 45.9 Å². The number of piperidine rings is 1. The predicted octanol–water partition coefficient (Wildman–Crippen LogP) is 4.69. The molecule has 2 aliphatic rings. The van der Waals surface area contributed by atoms with E-state index in [0.717, 1.165) is 53.8 Å². The number of aliphatic carboxylic acids is 1. The van der Waals surface area contributed by atoms with Gasteiger partial charge in [0, 0.05) is 19.6 Å². The Hall–Kier alpha value is -1.79. The molecular weight excluding hydrogens is 375 g/mol. The van der Waals surface area contributed by atoms with Crippen LogP contribution in [0.4, 0.5) is 4.39 Å². The van der Waals surface area contributed by atoms with E-state index < -0.39 is 5.97 Å². The molecule has 2 heterocycles. The second kappa shape index (κ2) is 9.14. The number of thioether (sulfide) groups is 1. The van der Waals surface area contributed by atoms with Gasteiger partial charge in [0.15, 0.2) is 0 Å². The van der Waals surface area contributed by atoms with Gasteiger partial charge in [0.05, 0.1) is 10.6 Å². The normalized spacial score (nSPS) is 21.8. The molecular formula is C22H29FN2O2S. The lowest BCUT2D eigenvalue weighted by Gasteiger charge is -2.45. The lowest BCUT2D eigenvalue weighted by Crippen LogP contribution is -2.51. The van der Waals surface area contributed by atoms with Crippen LogP contribution in [0.1, 0.15) is 39.2 Å². The van der Waals surface area contributed by atoms with Gasteiger partial charge in [0.1, 0.15) is 12.0 Å². The molecule has 1 N–H and O–H groups in total. The number of carboxylic acids is 1. The van der Waals surface area contributed by atoms with Crippen LogP contribution in [0.5, 0.6) is 0 Å². The maximum absolute atomic E-state index is 13.8. The van der Waals surface area contributed by atoms with Gasteiger partial charge < -0.3 is 10.0 Å². The van der Waals surface area contributed by atoms with Crippen LogP contribution in [0, 0.1) is 11.7 Å². The summed E-state index contributed by atoms with van der Waals surface area (Å²) in [7, 11) is 0. The van der Waals surface area contributed by atoms with Gasteiger partial charge in [-0.15, -0.1) is 11.8 Å². The molecule has 1 aromatic carbocycles. The highest BCUT2D eigenvalue weighted by molar-refractivity contribution is 8.03. The second-order valence-corrected chi connectivity index (χ2v) is 8.91. The fourth-order valence-electron chi connectivity index (χ4n) is 3.97. The Kier molecular flexibility index (Phi) is 6.83. The first-order valence-electron chi connectivity index (χ1n) is 9.95. The van der Waals surface area contributed by atoms with E-state index in [4.69, 9.17) is 0 Å². The average Bonchev–Trinajstić information content (AvgIpc) is 2.64. The highest BCUT2D eigenvalue weighted by Gasteiger charge is 2.35. The summed E-state index contributed by atoms with van der Waals surface area (Å²) < 4.78 is 13.8. The average molecular weight is 405 g/mol. The first-order valence-corrected chi connectivity index (χ1v) is 10.9. The fourth-order valence-corrected chi connectivity index (χ4v) is 4.98. The summed E-state index contributed by atoms with van der Waals surface area (Å²) in [5.41, 5.74) is 2.02. The van der Waals surface area contributed by atoms with Crippen LogP contribution in [0.3, 0.4) is 0 Å². The number of likely N-dealkylation sites (tertiary alicyclic amines) is 1. The van der Waals surface area contributed by atoms with Crippen molar-refractivity contribution in [2.45, 2.75) is 46.3 Å². The summed E-state index contributed by atoms with van der Waals surface area (Å²) >= 11 is 1.56. The van der Waals surface area contributed by atoms with Crippen molar-refractivity contribution in [3.05, 3.63) is 57.9 Å². The lowest BCUT2D eigenvalue weighted by atomic mass is 9.96. The minimum absolute atomic E-state index is 0.00656. The number of hydrogen-bond acceptors (Lipinski definition) is 4. The summed E-state index contributed by atoms with van der Waals surface area (Å²) in [6, 6.07) is 6.59. The van der Waals surface area contributed by atoms with E-state index in [2.05, 4.69) is 22.8 Å². The zero-order valence-corrected chi connectivity index (χ0v) is 17.6. The van der Waals surface area contributed by atoms with Crippen molar-refractivity contribution in [3.63, 3.8) is 0 Å². The third-order valence-corrected chi connectivity index (χ3v) is 6.52. The molecule has 1 fully saturated rings. The van der Waals surface area contributed by atoms with E-state index in [9.17, 15) is 14.3 Å². The summed E-state index contributed by atoms with van der Waals surface area (Å²) in [4.78, 5) is 16.6. The summed E-state index contributed by atoms with van der Waals surface area (Å²) in [6.07, 6.45) is 4.34. The van der Waals surface area contributed by atoms with E-state index in [0.29, 0.717) is 12.1 Å². The maximum atomic E-state index is 13.8. The summed E-state index contributed by atoms with van der Waals surface area (Å²) in [6.45, 7) is 8.66. The molecule has 0 aliphatic carbocycles. The maximum Gasteiger partial charge on any atom is 0.338 e. The van der Waals surface area contributed by atoms with Crippen LogP contribution in [0.2, 0.25) is 0 Å². The van der Waals surface area contributed by atoms with Crippen molar-refractivity contribution in [1.29, 1.82) is 0 Å². The lowest BCUT2D eigenvalue weighted by molar-refractivity contribution is -0.132. The molecule has 0 bridgehead atoms. The highest BCUT2D eigenvalue weighted by atomic mass is 32.2. The molecule has 1 unspecified atom stereocenters. The summed E-state index contributed by atoms with van der Waals surface area (Å²) in [5.74, 6) is 0.329. The molecule has 28 heavy (non-hydrogen) atoms. The largest absolute Gasteiger partial charge is 0.478 e. The highest BCUT2D eigenvalue weighted by Crippen LogP contribution is 2.37. The van der Waals surface area contributed by atoms with Crippen LogP contribution >= 0.6 is 11.8 Å². The Bertz CT molecular complexity index is 784. The molecule has 152 valence electrons. The van der Waals surface area contributed by atoms with Crippen LogP contribution in [-0.2, 0) is 11.3 Å². The van der Waals surface area contributed by atoms with Crippen molar-refractivity contribution in [3.8, 4) is 0 Å². The van der Waals surface area contributed by atoms with Crippen LogP contribution in [0.25, 0.3) is 0 Å². The third-order valence-electron chi connectivity index (χ3n) is 5.52. The number of carboxylic acid groups (broad SMARTS) is 1. The van der Waals surface area contributed by atoms with Crippen molar-refractivity contribution in [2.24, 2.45) is 5.92 Å². The number of halogens is 1. The van der Waals surface area contributed by atoms with Crippen molar-refractivity contribution >= 4 is 17.7 Å². The topological polar surface area (TPSA) is 43.8 Å². The zero-order chi connectivity index (χ0) is 20.3. The minimum atomic E-state index is -0.903. The Labute approximate surface area is 171 Å². The Morgan fingerprint density at radius 1 is 1.32 bits per heavy atom. The molecule has 6 heteroatoms. The molecule has 3 rings (SSSR count). The third kappa shape index (κ3) is 4.61. The first-order chi connectivity index (χ1) is 13.4. The molecule has 4 nitrogen and oxygen atoms in total. The van der Waals surface area contributed by atoms with Gasteiger partial charge in [-0.1, -0.05) is 26.0 Å². The van der Waals surface area contributed by atoms with Crippen LogP contribution < -0.4 is 0 Å². The van der Waals surface area contributed by atoms with Gasteiger partial charge in [-0.05, 0) is 60.8 Å². The number of nitrogens with zero attached hydrogens (tertiary/aromatic N) is 2. The fraction of sp³-hybridized carbons (Fsp3) is 0.500. The van der Waals surface area contributed by atoms with Crippen molar-refractivity contribution in [2.75, 3.05) is 18.8 Å². The number of hydrogen-bond donors (Lipinski definition) is 1. The molecule has 0 spiro atoms. The van der Waals surface area contributed by atoms with Crippen LogP contribution in [0.15, 0.2) is 46.5 Å². The van der Waals surface area contributed by atoms with E-state index >= 15 is 0 Å². The van der Waals surface area contributed by atoms with E-state index in [-0.39, 0.29) is 12.0 Å².